The van der Waals surface area contributed by atoms with Crippen molar-refractivity contribution < 1.29 is 50.1 Å². The molecule has 1 heterocycles. The lowest BCUT2D eigenvalue weighted by atomic mass is 10.0. The zero-order valence-corrected chi connectivity index (χ0v) is 19.2. The van der Waals surface area contributed by atoms with Gasteiger partial charge >= 0.3 is 6.18 Å². The molecule has 1 aromatic heterocycles. The second-order valence-corrected chi connectivity index (χ2v) is 7.10. The zero-order chi connectivity index (χ0) is 27.5. The average molecular weight is 529 g/mol. The Hall–Kier alpha value is -4.49. The van der Waals surface area contributed by atoms with Gasteiger partial charge in [-0.2, -0.15) is 17.6 Å². The number of hydrogen-bond acceptors (Lipinski definition) is 6. The number of rotatable bonds is 7. The maximum atomic E-state index is 15.3. The molecule has 0 radical (unpaired) electrons. The number of carbonyl (C=O) groups is 2. The number of carbonyl (C=O) groups excluding carboxylic acids is 2. The lowest BCUT2D eigenvalue weighted by Gasteiger charge is -2.20. The number of methoxy groups -OCH3 is 2. The maximum Gasteiger partial charge on any atom is 0.422 e. The van der Waals surface area contributed by atoms with Crippen molar-refractivity contribution in [2.45, 2.75) is 6.18 Å². The Balaban J connectivity index is 2.19. The van der Waals surface area contributed by atoms with Gasteiger partial charge in [-0.25, -0.2) is 8.78 Å². The van der Waals surface area contributed by atoms with Crippen molar-refractivity contribution in [3.63, 3.8) is 0 Å². The third-order valence-electron chi connectivity index (χ3n) is 4.84. The van der Waals surface area contributed by atoms with E-state index in [1.807, 2.05) is 0 Å². The van der Waals surface area contributed by atoms with Gasteiger partial charge < -0.3 is 24.8 Å². The Bertz CT molecular complexity index is 1360. The van der Waals surface area contributed by atoms with Crippen LogP contribution < -0.4 is 24.8 Å². The number of ether oxygens (including phenoxy) is 3. The summed E-state index contributed by atoms with van der Waals surface area (Å²) < 4.78 is 98.8. The molecule has 2 amide bonds. The monoisotopic (exact) mass is 529 g/mol. The largest absolute Gasteiger partial charge is 0.496 e. The topological polar surface area (TPSA) is 98.8 Å². The molecule has 0 aliphatic carbocycles. The first-order chi connectivity index (χ1) is 17.4. The Kier molecular flexibility index (Phi) is 7.79. The van der Waals surface area contributed by atoms with Gasteiger partial charge in [0.2, 0.25) is 11.6 Å². The molecular formula is C23H17F6N3O5. The van der Waals surface area contributed by atoms with Gasteiger partial charge in [0.05, 0.1) is 14.2 Å². The minimum atomic E-state index is -5.30. The third-order valence-corrected chi connectivity index (χ3v) is 4.84. The smallest absolute Gasteiger partial charge is 0.422 e. The van der Waals surface area contributed by atoms with Crippen LogP contribution in [0, 0.1) is 17.5 Å². The van der Waals surface area contributed by atoms with Crippen LogP contribution in [-0.4, -0.2) is 38.1 Å². The van der Waals surface area contributed by atoms with Crippen LogP contribution in [0.5, 0.6) is 23.0 Å². The SMILES string of the molecule is CNC(=O)c1cc(NC(=O)c2c(Oc3ccc(F)c(F)c3OC)cc(OC)c(C(F)(F)F)c2F)ccn1. The van der Waals surface area contributed by atoms with E-state index in [9.17, 15) is 31.5 Å². The summed E-state index contributed by atoms with van der Waals surface area (Å²) in [7, 11) is 3.10. The zero-order valence-electron chi connectivity index (χ0n) is 19.2. The van der Waals surface area contributed by atoms with E-state index in [0.29, 0.717) is 12.1 Å². The lowest BCUT2D eigenvalue weighted by molar-refractivity contribution is -0.141. The van der Waals surface area contributed by atoms with Crippen LogP contribution in [-0.2, 0) is 6.18 Å². The van der Waals surface area contributed by atoms with Crippen molar-refractivity contribution in [2.75, 3.05) is 26.6 Å². The maximum absolute atomic E-state index is 15.3. The highest BCUT2D eigenvalue weighted by molar-refractivity contribution is 6.07. The summed E-state index contributed by atoms with van der Waals surface area (Å²) in [4.78, 5) is 28.6. The molecule has 0 atom stereocenters. The van der Waals surface area contributed by atoms with Gasteiger partial charge in [-0.1, -0.05) is 0 Å². The molecule has 2 N–H and O–H groups in total. The first-order valence-corrected chi connectivity index (χ1v) is 10.1. The molecule has 0 saturated carbocycles. The van der Waals surface area contributed by atoms with Crippen LogP contribution >= 0.6 is 0 Å². The van der Waals surface area contributed by atoms with Crippen LogP contribution in [0.4, 0.5) is 32.0 Å². The second kappa shape index (κ2) is 10.6. The minimum Gasteiger partial charge on any atom is -0.496 e. The molecule has 0 aliphatic heterocycles. The number of hydrogen-bond donors (Lipinski definition) is 2. The minimum absolute atomic E-state index is 0.126. The number of alkyl halides is 3. The highest BCUT2D eigenvalue weighted by Gasteiger charge is 2.41. The molecule has 0 unspecified atom stereocenters. The fraction of sp³-hybridized carbons (Fsp3) is 0.174. The molecular weight excluding hydrogens is 512 g/mol. The Morgan fingerprint density at radius 1 is 0.892 bits per heavy atom. The third kappa shape index (κ3) is 5.52. The van der Waals surface area contributed by atoms with Crippen molar-refractivity contribution in [1.29, 1.82) is 0 Å². The number of anilines is 1. The van der Waals surface area contributed by atoms with Crippen molar-refractivity contribution >= 4 is 17.5 Å². The highest BCUT2D eigenvalue weighted by atomic mass is 19.4. The van der Waals surface area contributed by atoms with Crippen LogP contribution in [0.15, 0.2) is 36.5 Å². The van der Waals surface area contributed by atoms with Crippen LogP contribution in [0.1, 0.15) is 26.4 Å². The Labute approximate surface area is 205 Å². The van der Waals surface area contributed by atoms with E-state index in [1.54, 1.807) is 0 Å². The first-order valence-electron chi connectivity index (χ1n) is 10.1. The molecule has 0 aliphatic rings. The molecule has 0 spiro atoms. The van der Waals surface area contributed by atoms with Gasteiger partial charge in [0.15, 0.2) is 17.4 Å². The quantitative estimate of drug-likeness (QED) is 0.421. The van der Waals surface area contributed by atoms with E-state index in [4.69, 9.17) is 9.47 Å². The first kappa shape index (κ1) is 27.1. The number of halogens is 6. The molecule has 0 fully saturated rings. The molecule has 2 aromatic carbocycles. The predicted octanol–water partition coefficient (Wildman–Crippen LogP) is 4.94. The van der Waals surface area contributed by atoms with Crippen LogP contribution in [0.3, 0.4) is 0 Å². The molecule has 0 saturated heterocycles. The summed E-state index contributed by atoms with van der Waals surface area (Å²) in [5.74, 6) is -10.2. The standard InChI is InChI=1S/C23H17F6N3O5/c1-30-21(33)12-8-10(6-7-31-12)32-22(34)16-14(9-15(35-2)17(19(16)26)23(27,28)29)37-13-5-4-11(24)18(25)20(13)36-3/h4-9H,1-3H3,(H,30,33)(H,31,32,34). The van der Waals surface area contributed by atoms with Gasteiger partial charge in [0.25, 0.3) is 11.8 Å². The summed E-state index contributed by atoms with van der Waals surface area (Å²) in [5.41, 5.74) is -3.45. The highest BCUT2D eigenvalue weighted by Crippen LogP contribution is 2.45. The summed E-state index contributed by atoms with van der Waals surface area (Å²) in [6, 6.07) is 4.32. The summed E-state index contributed by atoms with van der Waals surface area (Å²) in [6.45, 7) is 0. The number of aromatic nitrogens is 1. The van der Waals surface area contributed by atoms with Crippen LogP contribution in [0.25, 0.3) is 0 Å². The molecule has 3 aromatic rings. The summed E-state index contributed by atoms with van der Waals surface area (Å²) in [6.07, 6.45) is -4.18. The van der Waals surface area contributed by atoms with E-state index in [1.165, 1.54) is 13.1 Å². The normalized spacial score (nSPS) is 11.1. The van der Waals surface area contributed by atoms with Gasteiger partial charge in [-0.3, -0.25) is 14.6 Å². The predicted molar refractivity (Wildman–Crippen MR) is 117 cm³/mol. The molecule has 37 heavy (non-hydrogen) atoms. The van der Waals surface area contributed by atoms with Crippen molar-refractivity contribution in [1.82, 2.24) is 10.3 Å². The van der Waals surface area contributed by atoms with E-state index < -0.39 is 69.6 Å². The molecule has 8 nitrogen and oxygen atoms in total. The molecule has 0 bridgehead atoms. The summed E-state index contributed by atoms with van der Waals surface area (Å²) >= 11 is 0. The Morgan fingerprint density at radius 3 is 2.19 bits per heavy atom. The summed E-state index contributed by atoms with van der Waals surface area (Å²) in [5, 5.41) is 4.45. The fourth-order valence-electron chi connectivity index (χ4n) is 3.18. The van der Waals surface area contributed by atoms with Crippen molar-refractivity contribution in [3.05, 3.63) is 70.8 Å². The van der Waals surface area contributed by atoms with E-state index >= 15 is 4.39 Å². The number of amides is 2. The van der Waals surface area contributed by atoms with Crippen molar-refractivity contribution in [2.24, 2.45) is 0 Å². The number of pyridine rings is 1. The van der Waals surface area contributed by atoms with Gasteiger partial charge in [0.1, 0.15) is 28.3 Å². The number of nitrogens with one attached hydrogen (secondary N) is 2. The average Bonchev–Trinajstić information content (AvgIpc) is 2.84. The molecule has 3 rings (SSSR count). The Morgan fingerprint density at radius 2 is 1.59 bits per heavy atom. The van der Waals surface area contributed by atoms with E-state index in [2.05, 4.69) is 20.4 Å². The second-order valence-electron chi connectivity index (χ2n) is 7.10. The fourth-order valence-corrected chi connectivity index (χ4v) is 3.18. The van der Waals surface area contributed by atoms with Gasteiger partial charge in [-0.15, -0.1) is 0 Å². The van der Waals surface area contributed by atoms with E-state index in [0.717, 1.165) is 32.5 Å². The molecule has 14 heteroatoms. The number of nitrogens with zero attached hydrogens (tertiary/aromatic N) is 1. The van der Waals surface area contributed by atoms with E-state index in [-0.39, 0.29) is 11.4 Å². The molecule has 196 valence electrons. The van der Waals surface area contributed by atoms with Crippen molar-refractivity contribution in [3.8, 4) is 23.0 Å². The lowest BCUT2D eigenvalue weighted by Crippen LogP contribution is -2.21. The number of benzene rings is 2. The van der Waals surface area contributed by atoms with Gasteiger partial charge in [0, 0.05) is 25.0 Å². The van der Waals surface area contributed by atoms with Gasteiger partial charge in [-0.05, 0) is 24.3 Å². The van der Waals surface area contributed by atoms with Crippen LogP contribution in [0.2, 0.25) is 0 Å².